The van der Waals surface area contributed by atoms with Crippen molar-refractivity contribution in [3.8, 4) is 5.88 Å². The number of nitrogens with zero attached hydrogens (tertiary/aromatic N) is 4. The molecule has 1 atom stereocenters. The third-order valence-corrected chi connectivity index (χ3v) is 5.77. The molecular formula is C22H26ClN5O3. The molecule has 1 unspecified atom stereocenters. The number of hydrogen-bond donors (Lipinski definition) is 1. The fourth-order valence-corrected chi connectivity index (χ4v) is 4.06. The zero-order valence-corrected chi connectivity index (χ0v) is 18.3. The van der Waals surface area contributed by atoms with E-state index in [4.69, 9.17) is 16.3 Å². The molecule has 164 valence electrons. The van der Waals surface area contributed by atoms with Crippen LogP contribution in [-0.4, -0.2) is 54.6 Å². The van der Waals surface area contributed by atoms with E-state index in [9.17, 15) is 9.59 Å². The van der Waals surface area contributed by atoms with Gasteiger partial charge in [-0.05, 0) is 44.0 Å². The van der Waals surface area contributed by atoms with E-state index in [-0.39, 0.29) is 24.2 Å². The van der Waals surface area contributed by atoms with Crippen LogP contribution in [0.2, 0.25) is 5.02 Å². The molecule has 3 heterocycles. The molecule has 1 aromatic carbocycles. The summed E-state index contributed by atoms with van der Waals surface area (Å²) < 4.78 is 5.74. The normalized spacial score (nSPS) is 18.5. The third-order valence-electron chi connectivity index (χ3n) is 5.52. The number of hydrogen-bond acceptors (Lipinski definition) is 6. The van der Waals surface area contributed by atoms with Gasteiger partial charge in [0.25, 0.3) is 0 Å². The van der Waals surface area contributed by atoms with E-state index in [0.29, 0.717) is 36.4 Å². The molecule has 4 rings (SSSR count). The first-order valence-electron chi connectivity index (χ1n) is 10.6. The summed E-state index contributed by atoms with van der Waals surface area (Å²) in [5.41, 5.74) is 0.751. The van der Waals surface area contributed by atoms with E-state index in [0.717, 1.165) is 24.6 Å². The molecule has 0 spiro atoms. The van der Waals surface area contributed by atoms with Gasteiger partial charge in [-0.2, -0.15) is 4.98 Å². The standard InChI is InChI=1S/C22H26ClN5O3/c1-15-25-19(27-9-2-3-10-27)13-20(26-15)31-11-8-24-22(30)16-12-21(29)28(14-16)18-6-4-17(23)5-7-18/h4-7,13,16H,2-3,8-12,14H2,1H3,(H,24,30). The molecule has 0 aliphatic carbocycles. The van der Waals surface area contributed by atoms with Crippen LogP contribution in [-0.2, 0) is 9.59 Å². The quantitative estimate of drug-likeness (QED) is 0.662. The summed E-state index contributed by atoms with van der Waals surface area (Å²) in [7, 11) is 0. The van der Waals surface area contributed by atoms with Crippen molar-refractivity contribution >= 4 is 34.9 Å². The van der Waals surface area contributed by atoms with Gasteiger partial charge in [0.2, 0.25) is 17.7 Å². The van der Waals surface area contributed by atoms with Gasteiger partial charge in [0.15, 0.2) is 0 Å². The maximum Gasteiger partial charge on any atom is 0.227 e. The molecule has 2 aliphatic heterocycles. The third kappa shape index (κ3) is 5.25. The lowest BCUT2D eigenvalue weighted by Crippen LogP contribution is -2.35. The molecule has 1 aromatic heterocycles. The number of benzene rings is 1. The Morgan fingerprint density at radius 2 is 1.97 bits per heavy atom. The van der Waals surface area contributed by atoms with Gasteiger partial charge in [-0.1, -0.05) is 11.6 Å². The van der Waals surface area contributed by atoms with E-state index in [1.165, 1.54) is 12.8 Å². The highest BCUT2D eigenvalue weighted by molar-refractivity contribution is 6.30. The number of aryl methyl sites for hydroxylation is 1. The van der Waals surface area contributed by atoms with Crippen molar-refractivity contribution in [2.45, 2.75) is 26.2 Å². The molecule has 1 N–H and O–H groups in total. The predicted octanol–water partition coefficient (Wildman–Crippen LogP) is 2.59. The molecule has 2 aromatic rings. The molecule has 31 heavy (non-hydrogen) atoms. The van der Waals surface area contributed by atoms with Crippen LogP contribution >= 0.6 is 11.6 Å². The average molecular weight is 444 g/mol. The van der Waals surface area contributed by atoms with Gasteiger partial charge in [0, 0.05) is 42.8 Å². The second kappa shape index (κ2) is 9.51. The fraction of sp³-hybridized carbons (Fsp3) is 0.455. The number of rotatable bonds is 7. The van der Waals surface area contributed by atoms with Crippen LogP contribution in [0.5, 0.6) is 5.88 Å². The van der Waals surface area contributed by atoms with Gasteiger partial charge >= 0.3 is 0 Å². The lowest BCUT2D eigenvalue weighted by molar-refractivity contribution is -0.126. The summed E-state index contributed by atoms with van der Waals surface area (Å²) >= 11 is 5.91. The lowest BCUT2D eigenvalue weighted by atomic mass is 10.1. The smallest absolute Gasteiger partial charge is 0.227 e. The number of anilines is 2. The zero-order chi connectivity index (χ0) is 21.8. The van der Waals surface area contributed by atoms with Crippen LogP contribution in [0.25, 0.3) is 0 Å². The Morgan fingerprint density at radius 3 is 2.71 bits per heavy atom. The number of halogens is 1. The van der Waals surface area contributed by atoms with Crippen molar-refractivity contribution in [3.05, 3.63) is 41.2 Å². The van der Waals surface area contributed by atoms with Crippen molar-refractivity contribution in [1.29, 1.82) is 0 Å². The van der Waals surface area contributed by atoms with E-state index in [1.54, 1.807) is 29.2 Å². The summed E-state index contributed by atoms with van der Waals surface area (Å²) in [4.78, 5) is 37.5. The van der Waals surface area contributed by atoms with Gasteiger partial charge < -0.3 is 19.9 Å². The molecule has 2 amide bonds. The Labute approximate surface area is 186 Å². The molecule has 0 radical (unpaired) electrons. The van der Waals surface area contributed by atoms with E-state index >= 15 is 0 Å². The summed E-state index contributed by atoms with van der Waals surface area (Å²) in [5.74, 6) is 1.46. The van der Waals surface area contributed by atoms with Crippen molar-refractivity contribution in [3.63, 3.8) is 0 Å². The van der Waals surface area contributed by atoms with E-state index in [2.05, 4.69) is 20.2 Å². The van der Waals surface area contributed by atoms with Gasteiger partial charge in [0.05, 0.1) is 12.5 Å². The van der Waals surface area contributed by atoms with Crippen LogP contribution in [0.3, 0.4) is 0 Å². The lowest BCUT2D eigenvalue weighted by Gasteiger charge is -2.18. The molecular weight excluding hydrogens is 418 g/mol. The second-order valence-corrected chi connectivity index (χ2v) is 8.26. The number of amides is 2. The van der Waals surface area contributed by atoms with Gasteiger partial charge in [-0.25, -0.2) is 4.98 Å². The highest BCUT2D eigenvalue weighted by Gasteiger charge is 2.34. The van der Waals surface area contributed by atoms with Crippen molar-refractivity contribution in [2.24, 2.45) is 5.92 Å². The van der Waals surface area contributed by atoms with Gasteiger partial charge in [-0.15, -0.1) is 0 Å². The molecule has 9 heteroatoms. The molecule has 8 nitrogen and oxygen atoms in total. The van der Waals surface area contributed by atoms with Crippen LogP contribution in [0, 0.1) is 12.8 Å². The second-order valence-electron chi connectivity index (χ2n) is 7.83. The number of ether oxygens (including phenoxy) is 1. The highest BCUT2D eigenvalue weighted by atomic mass is 35.5. The Bertz CT molecular complexity index is 947. The summed E-state index contributed by atoms with van der Waals surface area (Å²) in [6.45, 7) is 4.84. The number of nitrogens with one attached hydrogen (secondary N) is 1. The maximum atomic E-state index is 12.5. The van der Waals surface area contributed by atoms with Crippen LogP contribution in [0.4, 0.5) is 11.5 Å². The van der Waals surface area contributed by atoms with Crippen LogP contribution < -0.4 is 19.9 Å². The Kier molecular flexibility index (Phi) is 6.56. The molecule has 2 aliphatic rings. The topological polar surface area (TPSA) is 87.7 Å². The molecule has 0 saturated carbocycles. The predicted molar refractivity (Wildman–Crippen MR) is 119 cm³/mol. The van der Waals surface area contributed by atoms with Crippen LogP contribution in [0.1, 0.15) is 25.1 Å². The minimum Gasteiger partial charge on any atom is -0.476 e. The van der Waals surface area contributed by atoms with Crippen molar-refractivity contribution in [2.75, 3.05) is 42.6 Å². The summed E-state index contributed by atoms with van der Waals surface area (Å²) in [6, 6.07) is 8.89. The number of carbonyl (C=O) groups excluding carboxylic acids is 2. The first-order chi connectivity index (χ1) is 15.0. The first kappa shape index (κ1) is 21.4. The minimum atomic E-state index is -0.383. The maximum absolute atomic E-state index is 12.5. The van der Waals surface area contributed by atoms with Gasteiger partial charge in [-0.3, -0.25) is 9.59 Å². The van der Waals surface area contributed by atoms with Gasteiger partial charge in [0.1, 0.15) is 18.2 Å². The molecule has 2 fully saturated rings. The fourth-order valence-electron chi connectivity index (χ4n) is 3.94. The monoisotopic (exact) mass is 443 g/mol. The highest BCUT2D eigenvalue weighted by Crippen LogP contribution is 2.26. The largest absolute Gasteiger partial charge is 0.476 e. The first-order valence-corrected chi connectivity index (χ1v) is 10.9. The number of aromatic nitrogens is 2. The average Bonchev–Trinajstić information content (AvgIpc) is 3.41. The Hall–Kier alpha value is -2.87. The van der Waals surface area contributed by atoms with Crippen molar-refractivity contribution in [1.82, 2.24) is 15.3 Å². The van der Waals surface area contributed by atoms with Crippen molar-refractivity contribution < 1.29 is 14.3 Å². The zero-order valence-electron chi connectivity index (χ0n) is 17.5. The Morgan fingerprint density at radius 1 is 1.23 bits per heavy atom. The SMILES string of the molecule is Cc1nc(OCCNC(=O)C2CC(=O)N(c3ccc(Cl)cc3)C2)cc(N2CCCC2)n1. The molecule has 2 saturated heterocycles. The molecule has 0 bridgehead atoms. The van der Waals surface area contributed by atoms with E-state index in [1.807, 2.05) is 13.0 Å². The van der Waals surface area contributed by atoms with E-state index < -0.39 is 0 Å². The Balaban J connectivity index is 1.25. The minimum absolute atomic E-state index is 0.0652. The summed E-state index contributed by atoms with van der Waals surface area (Å²) in [5, 5.41) is 3.47. The van der Waals surface area contributed by atoms with Crippen LogP contribution in [0.15, 0.2) is 30.3 Å². The number of carbonyl (C=O) groups is 2. The summed E-state index contributed by atoms with van der Waals surface area (Å²) in [6.07, 6.45) is 2.54.